The van der Waals surface area contributed by atoms with Gasteiger partial charge < -0.3 is 9.47 Å². The topological polar surface area (TPSA) is 35.5 Å². The predicted octanol–water partition coefficient (Wildman–Crippen LogP) is 4.11. The second-order valence-corrected chi connectivity index (χ2v) is 4.86. The van der Waals surface area contributed by atoms with Gasteiger partial charge in [0.25, 0.3) is 0 Å². The molecule has 3 nitrogen and oxygen atoms in total. The number of hydrogen-bond donors (Lipinski definition) is 0. The first-order valence-electron chi connectivity index (χ1n) is 7.15. The van der Waals surface area contributed by atoms with Gasteiger partial charge in [-0.3, -0.25) is 4.79 Å². The van der Waals surface area contributed by atoms with E-state index in [0.717, 1.165) is 28.6 Å². The summed E-state index contributed by atoms with van der Waals surface area (Å²) in [6.07, 6.45) is 0.813. The standard InChI is InChI=1S/C19H16O3/c20-14-15-8-10-17(11-9-15)21-12-13-22-19-7-3-5-16-4-1-2-6-18(16)19/h1-11,14H,12-13H2. The summed E-state index contributed by atoms with van der Waals surface area (Å²) in [6, 6.07) is 21.1. The molecule has 110 valence electrons. The molecule has 0 aliphatic rings. The average molecular weight is 292 g/mol. The van der Waals surface area contributed by atoms with Gasteiger partial charge in [0.2, 0.25) is 0 Å². The van der Waals surface area contributed by atoms with Crippen LogP contribution in [0.4, 0.5) is 0 Å². The maximum absolute atomic E-state index is 10.6. The third-order valence-electron chi connectivity index (χ3n) is 3.38. The normalized spacial score (nSPS) is 10.4. The number of rotatable bonds is 6. The van der Waals surface area contributed by atoms with Crippen LogP contribution in [-0.2, 0) is 0 Å². The molecule has 0 saturated carbocycles. The van der Waals surface area contributed by atoms with E-state index in [9.17, 15) is 4.79 Å². The molecule has 3 rings (SSSR count). The summed E-state index contributed by atoms with van der Waals surface area (Å²) in [5, 5.41) is 2.26. The lowest BCUT2D eigenvalue weighted by atomic mass is 10.1. The molecule has 0 saturated heterocycles. The van der Waals surface area contributed by atoms with Crippen LogP contribution in [0.1, 0.15) is 10.4 Å². The molecule has 0 atom stereocenters. The molecule has 0 unspecified atom stereocenters. The number of aldehydes is 1. The van der Waals surface area contributed by atoms with Crippen molar-refractivity contribution in [1.82, 2.24) is 0 Å². The quantitative estimate of drug-likeness (QED) is 0.506. The number of benzene rings is 3. The van der Waals surface area contributed by atoms with Crippen LogP contribution in [0.25, 0.3) is 10.8 Å². The van der Waals surface area contributed by atoms with Crippen LogP contribution < -0.4 is 9.47 Å². The highest BCUT2D eigenvalue weighted by molar-refractivity contribution is 5.88. The summed E-state index contributed by atoms with van der Waals surface area (Å²) in [7, 11) is 0. The van der Waals surface area contributed by atoms with E-state index in [1.165, 1.54) is 0 Å². The molecule has 0 aliphatic heterocycles. The lowest BCUT2D eigenvalue weighted by Gasteiger charge is -2.10. The molecule has 3 heteroatoms. The van der Waals surface area contributed by atoms with E-state index >= 15 is 0 Å². The van der Waals surface area contributed by atoms with E-state index < -0.39 is 0 Å². The molecular weight excluding hydrogens is 276 g/mol. The molecule has 0 aromatic heterocycles. The molecule has 0 bridgehead atoms. The van der Waals surface area contributed by atoms with Crippen LogP contribution in [0.5, 0.6) is 11.5 Å². The fraction of sp³-hybridized carbons (Fsp3) is 0.105. The summed E-state index contributed by atoms with van der Waals surface area (Å²) in [4.78, 5) is 10.6. The Morgan fingerprint density at radius 2 is 1.50 bits per heavy atom. The first-order valence-corrected chi connectivity index (χ1v) is 7.15. The Morgan fingerprint density at radius 3 is 2.32 bits per heavy atom. The van der Waals surface area contributed by atoms with Crippen molar-refractivity contribution in [3.8, 4) is 11.5 Å². The number of carbonyl (C=O) groups excluding carboxylic acids is 1. The molecule has 22 heavy (non-hydrogen) atoms. The average Bonchev–Trinajstić information content (AvgIpc) is 2.59. The highest BCUT2D eigenvalue weighted by Crippen LogP contribution is 2.25. The summed E-state index contributed by atoms with van der Waals surface area (Å²) >= 11 is 0. The number of hydrogen-bond acceptors (Lipinski definition) is 3. The van der Waals surface area contributed by atoms with E-state index in [-0.39, 0.29) is 0 Å². The SMILES string of the molecule is O=Cc1ccc(OCCOc2cccc3ccccc23)cc1. The monoisotopic (exact) mass is 292 g/mol. The van der Waals surface area contributed by atoms with Crippen molar-refractivity contribution >= 4 is 17.1 Å². The maximum atomic E-state index is 10.6. The fourth-order valence-electron chi connectivity index (χ4n) is 2.28. The Balaban J connectivity index is 1.57. The first-order chi connectivity index (χ1) is 10.9. The predicted molar refractivity (Wildman–Crippen MR) is 86.8 cm³/mol. The van der Waals surface area contributed by atoms with E-state index in [1.54, 1.807) is 24.3 Å². The molecule has 0 amide bonds. The first kappa shape index (κ1) is 14.1. The highest BCUT2D eigenvalue weighted by atomic mass is 16.5. The fourth-order valence-corrected chi connectivity index (χ4v) is 2.28. The van der Waals surface area contributed by atoms with E-state index in [1.807, 2.05) is 30.3 Å². The van der Waals surface area contributed by atoms with Crippen molar-refractivity contribution in [2.45, 2.75) is 0 Å². The Hall–Kier alpha value is -2.81. The van der Waals surface area contributed by atoms with Gasteiger partial charge in [0.1, 0.15) is 31.0 Å². The van der Waals surface area contributed by atoms with Crippen LogP contribution in [0.3, 0.4) is 0 Å². The van der Waals surface area contributed by atoms with Crippen molar-refractivity contribution in [1.29, 1.82) is 0 Å². The van der Waals surface area contributed by atoms with Crippen LogP contribution in [0.2, 0.25) is 0 Å². The Morgan fingerprint density at radius 1 is 0.773 bits per heavy atom. The zero-order chi connectivity index (χ0) is 15.2. The van der Waals surface area contributed by atoms with Gasteiger partial charge in [0.05, 0.1) is 0 Å². The van der Waals surface area contributed by atoms with Gasteiger partial charge in [-0.05, 0) is 35.7 Å². The Bertz CT molecular complexity index is 758. The van der Waals surface area contributed by atoms with Gasteiger partial charge in [-0.2, -0.15) is 0 Å². The van der Waals surface area contributed by atoms with Crippen LogP contribution >= 0.6 is 0 Å². The second kappa shape index (κ2) is 6.76. The van der Waals surface area contributed by atoms with Gasteiger partial charge in [-0.1, -0.05) is 36.4 Å². The minimum atomic E-state index is 0.448. The third-order valence-corrected chi connectivity index (χ3v) is 3.38. The smallest absolute Gasteiger partial charge is 0.150 e. The lowest BCUT2D eigenvalue weighted by Crippen LogP contribution is -2.09. The molecule has 0 fully saturated rings. The lowest BCUT2D eigenvalue weighted by molar-refractivity contribution is 0.112. The third kappa shape index (κ3) is 3.26. The summed E-state index contributed by atoms with van der Waals surface area (Å²) in [5.74, 6) is 1.59. The minimum Gasteiger partial charge on any atom is -0.490 e. The zero-order valence-corrected chi connectivity index (χ0v) is 12.1. The molecule has 3 aromatic carbocycles. The van der Waals surface area contributed by atoms with E-state index in [0.29, 0.717) is 18.8 Å². The summed E-state index contributed by atoms with van der Waals surface area (Å²) < 4.78 is 11.4. The number of fused-ring (bicyclic) bond motifs is 1. The summed E-state index contributed by atoms with van der Waals surface area (Å²) in [6.45, 7) is 0.910. The summed E-state index contributed by atoms with van der Waals surface area (Å²) in [5.41, 5.74) is 0.638. The molecule has 3 aromatic rings. The molecule has 0 spiro atoms. The number of ether oxygens (including phenoxy) is 2. The molecule has 0 aliphatic carbocycles. The zero-order valence-electron chi connectivity index (χ0n) is 12.1. The van der Waals surface area contributed by atoms with Gasteiger partial charge in [0, 0.05) is 10.9 Å². The van der Waals surface area contributed by atoms with Crippen molar-refractivity contribution in [2.24, 2.45) is 0 Å². The molecule has 0 heterocycles. The van der Waals surface area contributed by atoms with Crippen LogP contribution in [0, 0.1) is 0 Å². The Kier molecular flexibility index (Phi) is 4.35. The highest BCUT2D eigenvalue weighted by Gasteiger charge is 2.01. The van der Waals surface area contributed by atoms with Crippen molar-refractivity contribution < 1.29 is 14.3 Å². The van der Waals surface area contributed by atoms with Crippen LogP contribution in [-0.4, -0.2) is 19.5 Å². The largest absolute Gasteiger partial charge is 0.490 e. The Labute approximate surface area is 129 Å². The maximum Gasteiger partial charge on any atom is 0.150 e. The van der Waals surface area contributed by atoms with Gasteiger partial charge in [0.15, 0.2) is 0 Å². The molecule has 0 radical (unpaired) electrons. The van der Waals surface area contributed by atoms with E-state index in [4.69, 9.17) is 9.47 Å². The van der Waals surface area contributed by atoms with Crippen LogP contribution in [0.15, 0.2) is 66.7 Å². The van der Waals surface area contributed by atoms with E-state index in [2.05, 4.69) is 12.1 Å². The van der Waals surface area contributed by atoms with Crippen molar-refractivity contribution in [3.05, 3.63) is 72.3 Å². The van der Waals surface area contributed by atoms with Gasteiger partial charge in [-0.25, -0.2) is 0 Å². The second-order valence-electron chi connectivity index (χ2n) is 4.86. The van der Waals surface area contributed by atoms with Gasteiger partial charge in [-0.15, -0.1) is 0 Å². The van der Waals surface area contributed by atoms with Gasteiger partial charge >= 0.3 is 0 Å². The molecule has 0 N–H and O–H groups in total. The van der Waals surface area contributed by atoms with Crippen molar-refractivity contribution in [3.63, 3.8) is 0 Å². The number of carbonyl (C=O) groups is 1. The minimum absolute atomic E-state index is 0.448. The van der Waals surface area contributed by atoms with Crippen molar-refractivity contribution in [2.75, 3.05) is 13.2 Å². The molecular formula is C19H16O3.